The molecule has 0 unspecified atom stereocenters. The normalized spacial score (nSPS) is 16.4. The quantitative estimate of drug-likeness (QED) is 0.793. The molecule has 26 heavy (non-hydrogen) atoms. The Hall–Kier alpha value is -2.21. The van der Waals surface area contributed by atoms with Crippen molar-refractivity contribution in [3.63, 3.8) is 0 Å². The molecule has 140 valence electrons. The van der Waals surface area contributed by atoms with Gasteiger partial charge in [0, 0.05) is 24.9 Å². The van der Waals surface area contributed by atoms with Gasteiger partial charge in [0.2, 0.25) is 11.8 Å². The number of halogens is 1. The molecule has 1 heterocycles. The van der Waals surface area contributed by atoms with Gasteiger partial charge in [-0.2, -0.15) is 0 Å². The maximum Gasteiger partial charge on any atom is 0.226 e. The molecule has 6 heteroatoms. The lowest BCUT2D eigenvalue weighted by Crippen LogP contribution is -2.39. The minimum Gasteiger partial charge on any atom is -0.444 e. The van der Waals surface area contributed by atoms with Gasteiger partial charge in [-0.15, -0.1) is 0 Å². The highest BCUT2D eigenvalue weighted by Crippen LogP contribution is 2.38. The van der Waals surface area contributed by atoms with Crippen molar-refractivity contribution in [1.82, 2.24) is 10.3 Å². The third kappa shape index (κ3) is 4.69. The number of oxazole rings is 1. The molecule has 0 spiro atoms. The lowest BCUT2D eigenvalue weighted by atomic mass is 9.71. The van der Waals surface area contributed by atoms with E-state index >= 15 is 0 Å². The van der Waals surface area contributed by atoms with Crippen LogP contribution in [-0.2, 0) is 11.2 Å². The first-order chi connectivity index (χ1) is 12.6. The van der Waals surface area contributed by atoms with E-state index in [1.807, 2.05) is 0 Å². The number of amides is 1. The van der Waals surface area contributed by atoms with Crippen LogP contribution in [0.4, 0.5) is 4.39 Å². The molecular weight excluding hydrogens is 333 g/mol. The van der Waals surface area contributed by atoms with Gasteiger partial charge in [0.1, 0.15) is 12.1 Å². The van der Waals surface area contributed by atoms with Gasteiger partial charge in [-0.1, -0.05) is 19.3 Å². The molecule has 0 aliphatic heterocycles. The average Bonchev–Trinajstić information content (AvgIpc) is 3.12. The zero-order valence-corrected chi connectivity index (χ0v) is 15.0. The maximum absolute atomic E-state index is 13.0. The molecule has 0 saturated heterocycles. The van der Waals surface area contributed by atoms with Gasteiger partial charge in [0.05, 0.1) is 5.69 Å². The number of hydrogen-bond acceptors (Lipinski definition) is 4. The van der Waals surface area contributed by atoms with Gasteiger partial charge in [-0.3, -0.25) is 4.79 Å². The standard InChI is InChI=1S/C20H26FN3O2/c21-16-6-4-15(5-7-16)19-24-17(13-26-19)8-11-23-18(25)12-20(14-22)9-2-1-3-10-20/h4-7,13H,1-3,8-12,14,22H2,(H,23,25). The smallest absolute Gasteiger partial charge is 0.226 e. The molecule has 1 aliphatic rings. The molecule has 3 rings (SSSR count). The van der Waals surface area contributed by atoms with Gasteiger partial charge < -0.3 is 15.5 Å². The Balaban J connectivity index is 1.47. The first kappa shape index (κ1) is 18.6. The minimum atomic E-state index is -0.295. The van der Waals surface area contributed by atoms with E-state index in [-0.39, 0.29) is 17.1 Å². The summed E-state index contributed by atoms with van der Waals surface area (Å²) in [5.74, 6) is 0.215. The van der Waals surface area contributed by atoms with Crippen molar-refractivity contribution in [2.45, 2.75) is 44.9 Å². The Morgan fingerprint density at radius 3 is 2.65 bits per heavy atom. The van der Waals surface area contributed by atoms with E-state index in [0.29, 0.717) is 31.8 Å². The van der Waals surface area contributed by atoms with Crippen molar-refractivity contribution < 1.29 is 13.6 Å². The number of aromatic nitrogens is 1. The summed E-state index contributed by atoms with van der Waals surface area (Å²) >= 11 is 0. The highest BCUT2D eigenvalue weighted by molar-refractivity contribution is 5.76. The number of hydrogen-bond donors (Lipinski definition) is 2. The number of rotatable bonds is 7. The summed E-state index contributed by atoms with van der Waals surface area (Å²) in [5, 5.41) is 2.97. The van der Waals surface area contributed by atoms with Crippen LogP contribution in [0.25, 0.3) is 11.5 Å². The van der Waals surface area contributed by atoms with Crippen LogP contribution in [0.2, 0.25) is 0 Å². The van der Waals surface area contributed by atoms with E-state index in [4.69, 9.17) is 10.2 Å². The molecule has 0 bridgehead atoms. The Kier molecular flexibility index (Phi) is 6.04. The fraction of sp³-hybridized carbons (Fsp3) is 0.500. The third-order valence-corrected chi connectivity index (χ3v) is 5.23. The Morgan fingerprint density at radius 1 is 1.23 bits per heavy atom. The number of nitrogens with two attached hydrogens (primary N) is 1. The molecule has 1 aliphatic carbocycles. The Bertz CT molecular complexity index is 721. The van der Waals surface area contributed by atoms with E-state index in [1.54, 1.807) is 18.4 Å². The van der Waals surface area contributed by atoms with Gasteiger partial charge in [0.15, 0.2) is 0 Å². The SMILES string of the molecule is NCC1(CC(=O)NCCc2coc(-c3ccc(F)cc3)n2)CCCCC1. The van der Waals surface area contributed by atoms with Crippen LogP contribution in [0.3, 0.4) is 0 Å². The highest BCUT2D eigenvalue weighted by atomic mass is 19.1. The summed E-state index contributed by atoms with van der Waals surface area (Å²) in [5.41, 5.74) is 7.41. The van der Waals surface area contributed by atoms with E-state index in [2.05, 4.69) is 10.3 Å². The zero-order valence-electron chi connectivity index (χ0n) is 15.0. The fourth-order valence-corrected chi connectivity index (χ4v) is 3.63. The monoisotopic (exact) mass is 359 g/mol. The van der Waals surface area contributed by atoms with E-state index in [9.17, 15) is 9.18 Å². The molecule has 0 radical (unpaired) electrons. The highest BCUT2D eigenvalue weighted by Gasteiger charge is 2.32. The Morgan fingerprint density at radius 2 is 1.96 bits per heavy atom. The van der Waals surface area contributed by atoms with Gasteiger partial charge in [-0.05, 0) is 49.1 Å². The maximum atomic E-state index is 13.0. The van der Waals surface area contributed by atoms with Crippen molar-refractivity contribution in [1.29, 1.82) is 0 Å². The molecular formula is C20H26FN3O2. The molecule has 2 aromatic rings. The molecule has 1 aromatic heterocycles. The topological polar surface area (TPSA) is 81.2 Å². The summed E-state index contributed by atoms with van der Waals surface area (Å²) in [6.45, 7) is 1.08. The van der Waals surface area contributed by atoms with Crippen molar-refractivity contribution in [3.05, 3.63) is 42.0 Å². The van der Waals surface area contributed by atoms with E-state index in [1.165, 1.54) is 18.6 Å². The predicted octanol–water partition coefficient (Wildman–Crippen LogP) is 3.44. The number of benzene rings is 1. The number of carbonyl (C=O) groups excluding carboxylic acids is 1. The summed E-state index contributed by atoms with van der Waals surface area (Å²) in [4.78, 5) is 16.7. The van der Waals surface area contributed by atoms with Crippen LogP contribution in [-0.4, -0.2) is 24.0 Å². The van der Waals surface area contributed by atoms with E-state index < -0.39 is 0 Å². The first-order valence-electron chi connectivity index (χ1n) is 9.27. The largest absolute Gasteiger partial charge is 0.444 e. The first-order valence-corrected chi connectivity index (χ1v) is 9.27. The number of nitrogens with zero attached hydrogens (tertiary/aromatic N) is 1. The second-order valence-electron chi connectivity index (χ2n) is 7.19. The summed E-state index contributed by atoms with van der Waals surface area (Å²) in [6.07, 6.45) is 8.32. The third-order valence-electron chi connectivity index (χ3n) is 5.23. The zero-order chi connectivity index (χ0) is 18.4. The lowest BCUT2D eigenvalue weighted by molar-refractivity contribution is -0.123. The molecule has 5 nitrogen and oxygen atoms in total. The van der Waals surface area contributed by atoms with Gasteiger partial charge in [-0.25, -0.2) is 9.37 Å². The van der Waals surface area contributed by atoms with Crippen LogP contribution in [0.1, 0.15) is 44.2 Å². The number of carbonyl (C=O) groups is 1. The van der Waals surface area contributed by atoms with Crippen LogP contribution < -0.4 is 11.1 Å². The second-order valence-corrected chi connectivity index (χ2v) is 7.19. The van der Waals surface area contributed by atoms with Gasteiger partial charge in [0.25, 0.3) is 0 Å². The minimum absolute atomic E-state index is 0.0218. The molecule has 3 N–H and O–H groups in total. The molecule has 1 fully saturated rings. The molecule has 1 amide bonds. The fourth-order valence-electron chi connectivity index (χ4n) is 3.63. The van der Waals surface area contributed by atoms with E-state index in [0.717, 1.165) is 36.9 Å². The molecule has 0 atom stereocenters. The van der Waals surface area contributed by atoms with Crippen molar-refractivity contribution in [2.75, 3.05) is 13.1 Å². The average molecular weight is 359 g/mol. The Labute approximate surface area is 153 Å². The lowest BCUT2D eigenvalue weighted by Gasteiger charge is -2.35. The van der Waals surface area contributed by atoms with Gasteiger partial charge >= 0.3 is 0 Å². The summed E-state index contributed by atoms with van der Waals surface area (Å²) in [7, 11) is 0. The van der Waals surface area contributed by atoms with Crippen LogP contribution >= 0.6 is 0 Å². The number of nitrogens with one attached hydrogen (secondary N) is 1. The van der Waals surface area contributed by atoms with Crippen LogP contribution in [0.15, 0.2) is 34.9 Å². The molecule has 1 saturated carbocycles. The summed E-state index contributed by atoms with van der Waals surface area (Å²) < 4.78 is 18.4. The predicted molar refractivity (Wildman–Crippen MR) is 97.8 cm³/mol. The van der Waals surface area contributed by atoms with Crippen molar-refractivity contribution in [3.8, 4) is 11.5 Å². The van der Waals surface area contributed by atoms with Crippen LogP contribution in [0, 0.1) is 11.2 Å². The van der Waals surface area contributed by atoms with Crippen molar-refractivity contribution >= 4 is 5.91 Å². The second kappa shape index (κ2) is 8.45. The van der Waals surface area contributed by atoms with Crippen molar-refractivity contribution in [2.24, 2.45) is 11.1 Å². The molecule has 1 aromatic carbocycles. The summed E-state index contributed by atoms with van der Waals surface area (Å²) in [6, 6.07) is 6.00. The van der Waals surface area contributed by atoms with Crippen LogP contribution in [0.5, 0.6) is 0 Å².